The third-order valence-electron chi connectivity index (χ3n) is 4.49. The predicted molar refractivity (Wildman–Crippen MR) is 78.2 cm³/mol. The number of ether oxygens (including phenoxy) is 1. The number of carbonyl (C=O) groups excluding carboxylic acids is 1. The quantitative estimate of drug-likeness (QED) is 0.377. The summed E-state index contributed by atoms with van der Waals surface area (Å²) in [6.07, 6.45) is 1.41. The number of carbonyl (C=O) groups is 2. The van der Waals surface area contributed by atoms with Crippen molar-refractivity contribution < 1.29 is 37.0 Å². The van der Waals surface area contributed by atoms with Gasteiger partial charge >= 0.3 is 11.9 Å². The van der Waals surface area contributed by atoms with Crippen LogP contribution in [0.15, 0.2) is 17.7 Å². The van der Waals surface area contributed by atoms with Crippen LogP contribution in [-0.2, 0) is 20.9 Å². The van der Waals surface area contributed by atoms with Gasteiger partial charge in [0.15, 0.2) is 23.3 Å². The van der Waals surface area contributed by atoms with Crippen molar-refractivity contribution in [3.05, 3.63) is 46.5 Å². The van der Waals surface area contributed by atoms with Crippen molar-refractivity contribution in [1.82, 2.24) is 0 Å². The fourth-order valence-corrected chi connectivity index (χ4v) is 2.76. The maximum atomic E-state index is 13.6. The molecule has 136 valence electrons. The molecule has 0 bridgehead atoms. The summed E-state index contributed by atoms with van der Waals surface area (Å²) >= 11 is 0. The summed E-state index contributed by atoms with van der Waals surface area (Å²) in [6, 6.07) is 0.0650. The van der Waals surface area contributed by atoms with Gasteiger partial charge in [0.05, 0.1) is 11.5 Å². The Morgan fingerprint density at radius 3 is 2.20 bits per heavy atom. The van der Waals surface area contributed by atoms with Gasteiger partial charge in [-0.25, -0.2) is 22.4 Å². The van der Waals surface area contributed by atoms with E-state index in [1.54, 1.807) is 13.8 Å². The Kier molecular flexibility index (Phi) is 4.92. The van der Waals surface area contributed by atoms with E-state index in [0.29, 0.717) is 0 Å². The first-order valence-corrected chi connectivity index (χ1v) is 7.38. The molecule has 1 aliphatic carbocycles. The number of hydrogen-bond acceptors (Lipinski definition) is 3. The number of rotatable bonds is 5. The summed E-state index contributed by atoms with van der Waals surface area (Å²) in [6.45, 7) is 3.82. The molecule has 0 amide bonds. The highest BCUT2D eigenvalue weighted by Crippen LogP contribution is 2.59. The summed E-state index contributed by atoms with van der Waals surface area (Å²) in [5.74, 6) is -9.52. The first-order valence-electron chi connectivity index (χ1n) is 7.38. The van der Waals surface area contributed by atoms with E-state index in [0.717, 1.165) is 0 Å². The van der Waals surface area contributed by atoms with E-state index in [9.17, 15) is 27.2 Å². The number of carboxylic acid groups (broad SMARTS) is 1. The van der Waals surface area contributed by atoms with Gasteiger partial charge in [0.25, 0.3) is 0 Å². The van der Waals surface area contributed by atoms with Crippen molar-refractivity contribution in [2.24, 2.45) is 17.3 Å². The smallest absolute Gasteiger partial charge is 0.330 e. The molecule has 1 N–H and O–H groups in total. The zero-order chi connectivity index (χ0) is 19.1. The average molecular weight is 360 g/mol. The van der Waals surface area contributed by atoms with Crippen molar-refractivity contribution in [1.29, 1.82) is 0 Å². The molecule has 1 aliphatic rings. The summed E-state index contributed by atoms with van der Waals surface area (Å²) in [5.41, 5.74) is -1.56. The number of allylic oxidation sites excluding steroid dienone is 1. The van der Waals surface area contributed by atoms with Crippen molar-refractivity contribution in [3.63, 3.8) is 0 Å². The van der Waals surface area contributed by atoms with Gasteiger partial charge < -0.3 is 9.84 Å². The Hall–Kier alpha value is -2.38. The van der Waals surface area contributed by atoms with Crippen LogP contribution in [0.3, 0.4) is 0 Å². The molecule has 25 heavy (non-hydrogen) atoms. The minimum Gasteiger partial charge on any atom is -0.478 e. The molecule has 2 unspecified atom stereocenters. The summed E-state index contributed by atoms with van der Waals surface area (Å²) in [7, 11) is 0. The topological polar surface area (TPSA) is 63.6 Å². The minimum absolute atomic E-state index is 0.0534. The molecule has 1 aromatic rings. The molecule has 0 saturated heterocycles. The largest absolute Gasteiger partial charge is 0.478 e. The molecule has 4 nitrogen and oxygen atoms in total. The standard InChI is InChI=1S/C17H16F4O4/c1-7(15(22)23)4-9-12(17(9,2)3)16(24)25-6-8-13(20)10(18)5-11(19)14(8)21/h4-5,9,12H,6H2,1-3H3,(H,22,23)/b7-4+. The molecule has 1 fully saturated rings. The fourth-order valence-electron chi connectivity index (χ4n) is 2.76. The molecule has 1 aromatic carbocycles. The molecule has 0 spiro atoms. The van der Waals surface area contributed by atoms with E-state index >= 15 is 0 Å². The zero-order valence-electron chi connectivity index (χ0n) is 13.7. The van der Waals surface area contributed by atoms with Crippen LogP contribution in [-0.4, -0.2) is 17.0 Å². The first-order chi connectivity index (χ1) is 11.5. The monoisotopic (exact) mass is 360 g/mol. The average Bonchev–Trinajstić information content (AvgIpc) is 3.05. The minimum atomic E-state index is -1.63. The van der Waals surface area contributed by atoms with Crippen molar-refractivity contribution >= 4 is 11.9 Å². The van der Waals surface area contributed by atoms with Gasteiger partial charge in [0.1, 0.15) is 6.61 Å². The molecule has 0 heterocycles. The Morgan fingerprint density at radius 1 is 1.20 bits per heavy atom. The lowest BCUT2D eigenvalue weighted by atomic mass is 10.1. The summed E-state index contributed by atoms with van der Waals surface area (Å²) in [4.78, 5) is 23.0. The van der Waals surface area contributed by atoms with Gasteiger partial charge in [0.2, 0.25) is 0 Å². The van der Waals surface area contributed by atoms with Crippen LogP contribution in [0.2, 0.25) is 0 Å². The predicted octanol–water partition coefficient (Wildman–Crippen LogP) is 3.59. The van der Waals surface area contributed by atoms with Crippen LogP contribution in [0.4, 0.5) is 17.6 Å². The lowest BCUT2D eigenvalue weighted by molar-refractivity contribution is -0.147. The van der Waals surface area contributed by atoms with Gasteiger partial charge in [-0.1, -0.05) is 19.9 Å². The third-order valence-corrected chi connectivity index (χ3v) is 4.49. The highest BCUT2D eigenvalue weighted by molar-refractivity contribution is 5.86. The van der Waals surface area contributed by atoms with Gasteiger partial charge in [-0.15, -0.1) is 0 Å². The van der Waals surface area contributed by atoms with Crippen LogP contribution in [0.1, 0.15) is 26.3 Å². The second-order valence-corrected chi connectivity index (χ2v) is 6.53. The van der Waals surface area contributed by atoms with Crippen molar-refractivity contribution in [2.75, 3.05) is 0 Å². The Bertz CT molecular complexity index is 744. The van der Waals surface area contributed by atoms with Crippen molar-refractivity contribution in [3.8, 4) is 0 Å². The molecule has 0 radical (unpaired) electrons. The van der Waals surface area contributed by atoms with E-state index in [-0.39, 0.29) is 11.6 Å². The first kappa shape index (κ1) is 19.0. The lowest BCUT2D eigenvalue weighted by Gasteiger charge is -2.09. The number of hydrogen-bond donors (Lipinski definition) is 1. The van der Waals surface area contributed by atoms with Gasteiger partial charge in [-0.05, 0) is 18.3 Å². The van der Waals surface area contributed by atoms with Crippen LogP contribution in [0.5, 0.6) is 0 Å². The SMILES string of the molecule is C/C(=C\C1C(C(=O)OCc2c(F)c(F)cc(F)c2F)C1(C)C)C(=O)O. The molecule has 0 aromatic heterocycles. The van der Waals surface area contributed by atoms with E-state index in [4.69, 9.17) is 9.84 Å². The molecule has 0 aliphatic heterocycles. The number of esters is 1. The van der Waals surface area contributed by atoms with Crippen LogP contribution in [0.25, 0.3) is 0 Å². The molecular weight excluding hydrogens is 344 g/mol. The lowest BCUT2D eigenvalue weighted by Crippen LogP contribution is -2.13. The van der Waals surface area contributed by atoms with E-state index in [1.807, 2.05) is 0 Å². The number of aliphatic carboxylic acids is 1. The fraction of sp³-hybridized carbons (Fsp3) is 0.412. The van der Waals surface area contributed by atoms with Crippen molar-refractivity contribution in [2.45, 2.75) is 27.4 Å². The van der Waals surface area contributed by atoms with Crippen LogP contribution < -0.4 is 0 Å². The Morgan fingerprint density at radius 2 is 1.72 bits per heavy atom. The highest BCUT2D eigenvalue weighted by atomic mass is 19.2. The Balaban J connectivity index is 2.12. The number of carboxylic acids is 1. The summed E-state index contributed by atoms with van der Waals surface area (Å²) in [5, 5.41) is 8.88. The van der Waals surface area contributed by atoms with Gasteiger partial charge in [0, 0.05) is 11.6 Å². The Labute approximate surface area is 141 Å². The molecule has 1 saturated carbocycles. The van der Waals surface area contributed by atoms with E-state index in [2.05, 4.69) is 0 Å². The van der Waals surface area contributed by atoms with Gasteiger partial charge in [-0.2, -0.15) is 0 Å². The number of benzene rings is 1. The van der Waals surface area contributed by atoms with Crippen LogP contribution in [0, 0.1) is 40.5 Å². The third kappa shape index (κ3) is 3.52. The number of halogens is 4. The normalized spacial score (nSPS) is 21.8. The zero-order valence-corrected chi connectivity index (χ0v) is 13.7. The maximum absolute atomic E-state index is 13.6. The van der Waals surface area contributed by atoms with Crippen LogP contribution >= 0.6 is 0 Å². The molecule has 2 rings (SSSR count). The highest BCUT2D eigenvalue weighted by Gasteiger charge is 2.61. The molecular formula is C17H16F4O4. The second-order valence-electron chi connectivity index (χ2n) is 6.53. The van der Waals surface area contributed by atoms with E-state index in [1.165, 1.54) is 13.0 Å². The molecule has 2 atom stereocenters. The summed E-state index contributed by atoms with van der Waals surface area (Å²) < 4.78 is 58.2. The van der Waals surface area contributed by atoms with E-state index < -0.39 is 64.6 Å². The second kappa shape index (κ2) is 6.50. The molecule has 8 heteroatoms. The maximum Gasteiger partial charge on any atom is 0.330 e. The van der Waals surface area contributed by atoms with Gasteiger partial charge in [-0.3, -0.25) is 4.79 Å².